The zero-order valence-corrected chi connectivity index (χ0v) is 13.1. The fourth-order valence-corrected chi connectivity index (χ4v) is 1.94. The van der Waals surface area contributed by atoms with Gasteiger partial charge < -0.3 is 15.8 Å². The molecule has 0 aliphatic rings. The van der Waals surface area contributed by atoms with Crippen LogP contribution in [0.15, 0.2) is 41.5 Å². The van der Waals surface area contributed by atoms with Crippen molar-refractivity contribution in [2.24, 2.45) is 10.7 Å². The number of unbranched alkanes of at least 4 members (excludes halogenated alkanes) is 1. The summed E-state index contributed by atoms with van der Waals surface area (Å²) in [5.41, 5.74) is 7.65. The van der Waals surface area contributed by atoms with Gasteiger partial charge >= 0.3 is 0 Å². The summed E-state index contributed by atoms with van der Waals surface area (Å²) in [4.78, 5) is 4.29. The number of ether oxygens (including phenoxy) is 1. The average Bonchev–Trinajstić information content (AvgIpc) is 3.02. The maximum atomic E-state index is 5.80. The van der Waals surface area contributed by atoms with E-state index < -0.39 is 0 Å². The molecule has 6 nitrogen and oxygen atoms in total. The molecule has 0 aliphatic carbocycles. The largest absolute Gasteiger partial charge is 0.497 e. The van der Waals surface area contributed by atoms with E-state index in [1.54, 1.807) is 7.11 Å². The van der Waals surface area contributed by atoms with Crippen LogP contribution in [-0.2, 0) is 6.54 Å². The molecule has 22 heavy (non-hydrogen) atoms. The van der Waals surface area contributed by atoms with Crippen LogP contribution in [0.4, 0.5) is 0 Å². The van der Waals surface area contributed by atoms with E-state index in [4.69, 9.17) is 10.5 Å². The molecule has 3 N–H and O–H groups in total. The molecule has 1 aromatic heterocycles. The summed E-state index contributed by atoms with van der Waals surface area (Å²) in [7, 11) is 1.65. The summed E-state index contributed by atoms with van der Waals surface area (Å²) in [6.07, 6.45) is 4.13. The predicted molar refractivity (Wildman–Crippen MR) is 88.4 cm³/mol. The average molecular weight is 301 g/mol. The van der Waals surface area contributed by atoms with Crippen molar-refractivity contribution in [1.29, 1.82) is 0 Å². The second kappa shape index (κ2) is 8.07. The minimum atomic E-state index is 0.465. The Morgan fingerprint density at radius 3 is 2.77 bits per heavy atom. The third-order valence-electron chi connectivity index (χ3n) is 3.23. The molecule has 118 valence electrons. The first kappa shape index (κ1) is 15.9. The smallest absolute Gasteiger partial charge is 0.188 e. The van der Waals surface area contributed by atoms with Crippen LogP contribution >= 0.6 is 0 Å². The van der Waals surface area contributed by atoms with Crippen LogP contribution < -0.4 is 15.8 Å². The van der Waals surface area contributed by atoms with E-state index in [0.29, 0.717) is 12.5 Å². The Bertz CT molecular complexity index is 603. The Labute approximate surface area is 131 Å². The molecule has 0 bridgehead atoms. The fourth-order valence-electron chi connectivity index (χ4n) is 1.94. The summed E-state index contributed by atoms with van der Waals surface area (Å²) in [5.74, 6) is 1.29. The zero-order chi connectivity index (χ0) is 15.8. The van der Waals surface area contributed by atoms with E-state index in [9.17, 15) is 0 Å². The number of hydrogen-bond donors (Lipinski definition) is 2. The van der Waals surface area contributed by atoms with Gasteiger partial charge in [0.15, 0.2) is 5.96 Å². The van der Waals surface area contributed by atoms with Gasteiger partial charge in [-0.1, -0.05) is 13.3 Å². The normalized spacial score (nSPS) is 11.5. The first-order valence-corrected chi connectivity index (χ1v) is 7.45. The number of nitrogens with zero attached hydrogens (tertiary/aromatic N) is 3. The number of nitrogens with two attached hydrogens (primary N) is 1. The number of aromatic nitrogens is 2. The molecule has 0 saturated carbocycles. The number of nitrogens with one attached hydrogen (secondary N) is 1. The van der Waals surface area contributed by atoms with Crippen LogP contribution in [0.3, 0.4) is 0 Å². The third kappa shape index (κ3) is 4.51. The van der Waals surface area contributed by atoms with Crippen molar-refractivity contribution in [3.63, 3.8) is 0 Å². The maximum absolute atomic E-state index is 5.80. The Kier molecular flexibility index (Phi) is 5.82. The summed E-state index contributed by atoms with van der Waals surface area (Å²) in [5, 5.41) is 7.57. The van der Waals surface area contributed by atoms with Gasteiger partial charge in [-0.3, -0.25) is 0 Å². The van der Waals surface area contributed by atoms with Crippen molar-refractivity contribution in [1.82, 2.24) is 15.1 Å². The monoisotopic (exact) mass is 301 g/mol. The Morgan fingerprint density at radius 1 is 1.32 bits per heavy atom. The molecule has 1 aromatic carbocycles. The Hall–Kier alpha value is -2.50. The van der Waals surface area contributed by atoms with Gasteiger partial charge in [0.25, 0.3) is 0 Å². The van der Waals surface area contributed by atoms with Crippen molar-refractivity contribution in [3.05, 3.63) is 42.2 Å². The van der Waals surface area contributed by atoms with Gasteiger partial charge in [-0.2, -0.15) is 5.10 Å². The van der Waals surface area contributed by atoms with Crippen LogP contribution in [0.2, 0.25) is 0 Å². The SMILES string of the molecule is CCCCNC(N)=NCc1ccn(-c2ccc(OC)cc2)n1. The van der Waals surface area contributed by atoms with Crippen molar-refractivity contribution >= 4 is 5.96 Å². The molecule has 0 radical (unpaired) electrons. The van der Waals surface area contributed by atoms with Crippen molar-refractivity contribution in [3.8, 4) is 11.4 Å². The highest BCUT2D eigenvalue weighted by molar-refractivity contribution is 5.77. The first-order chi connectivity index (χ1) is 10.7. The van der Waals surface area contributed by atoms with Crippen molar-refractivity contribution < 1.29 is 4.74 Å². The van der Waals surface area contributed by atoms with Gasteiger partial charge in [0, 0.05) is 12.7 Å². The number of methoxy groups -OCH3 is 1. The third-order valence-corrected chi connectivity index (χ3v) is 3.23. The van der Waals surface area contributed by atoms with Gasteiger partial charge in [-0.05, 0) is 36.8 Å². The molecule has 0 aliphatic heterocycles. The number of rotatable bonds is 7. The lowest BCUT2D eigenvalue weighted by Gasteiger charge is -2.04. The molecule has 0 atom stereocenters. The van der Waals surface area contributed by atoms with Crippen LogP contribution in [0.25, 0.3) is 5.69 Å². The van der Waals surface area contributed by atoms with Gasteiger partial charge in [-0.15, -0.1) is 0 Å². The maximum Gasteiger partial charge on any atom is 0.188 e. The minimum absolute atomic E-state index is 0.465. The highest BCUT2D eigenvalue weighted by atomic mass is 16.5. The van der Waals surface area contributed by atoms with Crippen LogP contribution in [0.1, 0.15) is 25.5 Å². The van der Waals surface area contributed by atoms with E-state index in [2.05, 4.69) is 22.3 Å². The second-order valence-corrected chi connectivity index (χ2v) is 4.93. The van der Waals surface area contributed by atoms with E-state index in [-0.39, 0.29) is 0 Å². The van der Waals surface area contributed by atoms with Gasteiger partial charge in [0.2, 0.25) is 0 Å². The molecule has 0 saturated heterocycles. The summed E-state index contributed by atoms with van der Waals surface area (Å²) < 4.78 is 6.96. The quantitative estimate of drug-likeness (QED) is 0.466. The molecule has 1 heterocycles. The number of guanidine groups is 1. The van der Waals surface area contributed by atoms with E-state index in [1.165, 1.54) is 0 Å². The molecule has 0 unspecified atom stereocenters. The van der Waals surface area contributed by atoms with E-state index in [1.807, 2.05) is 41.2 Å². The summed E-state index contributed by atoms with van der Waals surface area (Å²) in [6.45, 7) is 3.46. The van der Waals surface area contributed by atoms with Crippen LogP contribution in [0.5, 0.6) is 5.75 Å². The predicted octanol–water partition coefficient (Wildman–Crippen LogP) is 2.09. The van der Waals surface area contributed by atoms with Crippen LogP contribution in [-0.4, -0.2) is 29.4 Å². The van der Waals surface area contributed by atoms with Crippen molar-refractivity contribution in [2.45, 2.75) is 26.3 Å². The molecule has 0 spiro atoms. The lowest BCUT2D eigenvalue weighted by Crippen LogP contribution is -2.32. The fraction of sp³-hybridized carbons (Fsp3) is 0.375. The summed E-state index contributed by atoms with van der Waals surface area (Å²) >= 11 is 0. The first-order valence-electron chi connectivity index (χ1n) is 7.45. The highest BCUT2D eigenvalue weighted by Gasteiger charge is 2.01. The second-order valence-electron chi connectivity index (χ2n) is 4.93. The zero-order valence-electron chi connectivity index (χ0n) is 13.1. The lowest BCUT2D eigenvalue weighted by molar-refractivity contribution is 0.414. The summed E-state index contributed by atoms with van der Waals surface area (Å²) in [6, 6.07) is 9.67. The Balaban J connectivity index is 1.94. The number of hydrogen-bond acceptors (Lipinski definition) is 3. The molecule has 0 fully saturated rings. The topological polar surface area (TPSA) is 77.5 Å². The van der Waals surface area contributed by atoms with Gasteiger partial charge in [0.05, 0.1) is 25.0 Å². The molecular formula is C16H23N5O. The molecule has 2 rings (SSSR count). The van der Waals surface area contributed by atoms with Crippen LogP contribution in [0, 0.1) is 0 Å². The van der Waals surface area contributed by atoms with E-state index in [0.717, 1.165) is 36.5 Å². The lowest BCUT2D eigenvalue weighted by atomic mass is 10.3. The minimum Gasteiger partial charge on any atom is -0.497 e. The molecule has 2 aromatic rings. The highest BCUT2D eigenvalue weighted by Crippen LogP contribution is 2.14. The van der Waals surface area contributed by atoms with Crippen molar-refractivity contribution in [2.75, 3.05) is 13.7 Å². The number of benzene rings is 1. The standard InChI is InChI=1S/C16H23N5O/c1-3-4-10-18-16(17)19-12-13-9-11-21(20-13)14-5-7-15(22-2)8-6-14/h5-9,11H,3-4,10,12H2,1-2H3,(H3,17,18,19). The van der Waals surface area contributed by atoms with Gasteiger partial charge in [0.1, 0.15) is 5.75 Å². The molecule has 6 heteroatoms. The number of aliphatic imine (C=N–C) groups is 1. The molecule has 0 amide bonds. The Morgan fingerprint density at radius 2 is 2.09 bits per heavy atom. The van der Waals surface area contributed by atoms with E-state index >= 15 is 0 Å². The van der Waals surface area contributed by atoms with Gasteiger partial charge in [-0.25, -0.2) is 9.67 Å². The molecular weight excluding hydrogens is 278 g/mol.